The summed E-state index contributed by atoms with van der Waals surface area (Å²) in [6.45, 7) is 2.19. The Morgan fingerprint density at radius 2 is 2.19 bits per heavy atom. The minimum absolute atomic E-state index is 0.136. The van der Waals surface area contributed by atoms with Crippen molar-refractivity contribution in [3.05, 3.63) is 47.5 Å². The smallest absolute Gasteiger partial charge is 0.274 e. The molecule has 3 rings (SSSR count). The topological polar surface area (TPSA) is 50.2 Å². The lowest BCUT2D eigenvalue weighted by atomic mass is 10.2. The number of hydrogen-bond acceptors (Lipinski definition) is 3. The highest BCUT2D eigenvalue weighted by Gasteiger charge is 2.19. The number of aryl methyl sites for hydroxylation is 1. The van der Waals surface area contributed by atoms with Gasteiger partial charge in [0.2, 0.25) is 5.95 Å². The maximum atomic E-state index is 12.9. The average Bonchev–Trinajstić information content (AvgIpc) is 2.92. The van der Waals surface area contributed by atoms with Gasteiger partial charge in [-0.05, 0) is 24.1 Å². The molecule has 0 bridgehead atoms. The van der Waals surface area contributed by atoms with Crippen LogP contribution >= 0.6 is 0 Å². The van der Waals surface area contributed by atoms with Gasteiger partial charge in [-0.3, -0.25) is 4.79 Å². The Bertz CT molecular complexity index is 627. The first-order valence-electron chi connectivity index (χ1n) is 6.94. The molecule has 6 heteroatoms. The van der Waals surface area contributed by atoms with Gasteiger partial charge in [-0.25, -0.2) is 9.37 Å². The molecule has 0 radical (unpaired) electrons. The fourth-order valence-electron chi connectivity index (χ4n) is 2.41. The van der Waals surface area contributed by atoms with Crippen LogP contribution in [-0.2, 0) is 13.1 Å². The quantitative estimate of drug-likeness (QED) is 0.941. The largest absolute Gasteiger partial charge is 0.356 e. The number of amides is 1. The number of carbonyl (C=O) groups is 1. The Labute approximate surface area is 122 Å². The number of rotatable bonds is 3. The van der Waals surface area contributed by atoms with Gasteiger partial charge in [0.05, 0.1) is 0 Å². The van der Waals surface area contributed by atoms with Crippen LogP contribution in [0.15, 0.2) is 30.5 Å². The van der Waals surface area contributed by atoms with Crippen molar-refractivity contribution in [3.63, 3.8) is 0 Å². The van der Waals surface area contributed by atoms with Crippen molar-refractivity contribution in [1.29, 1.82) is 0 Å². The Morgan fingerprint density at radius 1 is 1.43 bits per heavy atom. The molecule has 2 aromatic rings. The second kappa shape index (κ2) is 5.55. The summed E-state index contributed by atoms with van der Waals surface area (Å²) in [6.07, 6.45) is 2.81. The molecule has 0 spiro atoms. The second-order valence-corrected chi connectivity index (χ2v) is 5.21. The van der Waals surface area contributed by atoms with Gasteiger partial charge in [0.1, 0.15) is 11.5 Å². The Balaban J connectivity index is 1.72. The number of aromatic nitrogens is 2. The van der Waals surface area contributed by atoms with Crippen molar-refractivity contribution in [3.8, 4) is 0 Å². The molecule has 0 aliphatic carbocycles. The van der Waals surface area contributed by atoms with Crippen molar-refractivity contribution in [2.75, 3.05) is 18.9 Å². The fraction of sp³-hybridized carbons (Fsp3) is 0.333. The van der Waals surface area contributed by atoms with E-state index in [1.807, 2.05) is 4.57 Å². The maximum Gasteiger partial charge on any atom is 0.274 e. The molecule has 1 aliphatic heterocycles. The third-order valence-corrected chi connectivity index (χ3v) is 3.53. The zero-order chi connectivity index (χ0) is 14.8. The number of carbonyl (C=O) groups excluding carboxylic acids is 1. The number of anilines is 1. The molecule has 0 saturated carbocycles. The number of nitrogens with one attached hydrogen (secondary N) is 1. The summed E-state index contributed by atoms with van der Waals surface area (Å²) in [4.78, 5) is 18.3. The molecular formula is C15H17FN4O. The van der Waals surface area contributed by atoms with E-state index in [-0.39, 0.29) is 11.7 Å². The number of benzene rings is 1. The molecule has 1 N–H and O–H groups in total. The van der Waals surface area contributed by atoms with Gasteiger partial charge in [-0.1, -0.05) is 12.1 Å². The minimum Gasteiger partial charge on any atom is -0.356 e. The summed E-state index contributed by atoms with van der Waals surface area (Å²) in [5.41, 5.74) is 1.32. The lowest BCUT2D eigenvalue weighted by Gasteiger charge is -2.15. The second-order valence-electron chi connectivity index (χ2n) is 5.21. The van der Waals surface area contributed by atoms with Crippen molar-refractivity contribution < 1.29 is 9.18 Å². The molecule has 1 aliphatic rings. The highest BCUT2D eigenvalue weighted by Crippen LogP contribution is 2.16. The summed E-state index contributed by atoms with van der Waals surface area (Å²) >= 11 is 0. The van der Waals surface area contributed by atoms with Crippen LogP contribution in [0.25, 0.3) is 0 Å². The van der Waals surface area contributed by atoms with Crippen molar-refractivity contribution in [2.24, 2.45) is 0 Å². The van der Waals surface area contributed by atoms with Crippen LogP contribution in [-0.4, -0.2) is 34.0 Å². The van der Waals surface area contributed by atoms with E-state index in [1.165, 1.54) is 12.1 Å². The number of fused-ring (bicyclic) bond motifs is 1. The molecule has 1 amide bonds. The fourth-order valence-corrected chi connectivity index (χ4v) is 2.41. The zero-order valence-corrected chi connectivity index (χ0v) is 11.8. The third kappa shape index (κ3) is 2.89. The number of nitrogens with zero attached hydrogens (tertiary/aromatic N) is 3. The third-order valence-electron chi connectivity index (χ3n) is 3.53. The Kier molecular flexibility index (Phi) is 3.60. The van der Waals surface area contributed by atoms with Crippen molar-refractivity contribution in [2.45, 2.75) is 19.5 Å². The SMILES string of the molecule is CN(Cc1ccc(F)cc1)C(=O)c1cn2c(n1)NCCC2. The molecule has 21 heavy (non-hydrogen) atoms. The molecule has 1 aromatic heterocycles. The summed E-state index contributed by atoms with van der Waals surface area (Å²) in [5, 5.41) is 3.17. The van der Waals surface area contributed by atoms with Gasteiger partial charge in [0.15, 0.2) is 0 Å². The van der Waals surface area contributed by atoms with Crippen LogP contribution < -0.4 is 5.32 Å². The molecule has 110 valence electrons. The molecule has 0 atom stereocenters. The first kappa shape index (κ1) is 13.6. The Hall–Kier alpha value is -2.37. The number of imidazole rings is 1. The van der Waals surface area contributed by atoms with Gasteiger partial charge in [-0.2, -0.15) is 0 Å². The van der Waals surface area contributed by atoms with Gasteiger partial charge >= 0.3 is 0 Å². The van der Waals surface area contributed by atoms with E-state index in [0.717, 1.165) is 31.0 Å². The summed E-state index contributed by atoms with van der Waals surface area (Å²) in [5.74, 6) is 0.336. The van der Waals surface area contributed by atoms with Crippen molar-refractivity contribution >= 4 is 11.9 Å². The predicted octanol–water partition coefficient (Wildman–Crippen LogP) is 2.11. The lowest BCUT2D eigenvalue weighted by molar-refractivity contribution is 0.0780. The first-order chi connectivity index (χ1) is 10.1. The van der Waals surface area contributed by atoms with Crippen molar-refractivity contribution in [1.82, 2.24) is 14.5 Å². The van der Waals surface area contributed by atoms with Crippen LogP contribution in [0.4, 0.5) is 10.3 Å². The van der Waals surface area contributed by atoms with Gasteiger partial charge in [0.25, 0.3) is 5.91 Å². The molecule has 5 nitrogen and oxygen atoms in total. The van der Waals surface area contributed by atoms with Crippen LogP contribution in [0.5, 0.6) is 0 Å². The molecule has 1 aromatic carbocycles. The molecule has 2 heterocycles. The van der Waals surface area contributed by atoms with Crippen LogP contribution in [0.2, 0.25) is 0 Å². The van der Waals surface area contributed by atoms with Crippen LogP contribution in [0.1, 0.15) is 22.5 Å². The van der Waals surface area contributed by atoms with E-state index in [0.29, 0.717) is 12.2 Å². The number of halogens is 1. The zero-order valence-electron chi connectivity index (χ0n) is 11.8. The van der Waals surface area contributed by atoms with Crippen LogP contribution in [0.3, 0.4) is 0 Å². The maximum absolute atomic E-state index is 12.9. The van der Waals surface area contributed by atoms with E-state index in [9.17, 15) is 9.18 Å². The summed E-state index contributed by atoms with van der Waals surface area (Å²) < 4.78 is 14.8. The van der Waals surface area contributed by atoms with Gasteiger partial charge in [-0.15, -0.1) is 0 Å². The molecular weight excluding hydrogens is 271 g/mol. The van der Waals surface area contributed by atoms with E-state index in [2.05, 4.69) is 10.3 Å². The van der Waals surface area contributed by atoms with E-state index < -0.39 is 0 Å². The summed E-state index contributed by atoms with van der Waals surface area (Å²) in [7, 11) is 1.72. The Morgan fingerprint density at radius 3 is 2.90 bits per heavy atom. The summed E-state index contributed by atoms with van der Waals surface area (Å²) in [6, 6.07) is 6.15. The molecule has 0 fully saturated rings. The van der Waals surface area contributed by atoms with Crippen LogP contribution in [0, 0.1) is 5.82 Å². The predicted molar refractivity (Wildman–Crippen MR) is 77.5 cm³/mol. The van der Waals surface area contributed by atoms with E-state index in [1.54, 1.807) is 30.3 Å². The highest BCUT2D eigenvalue weighted by atomic mass is 19.1. The highest BCUT2D eigenvalue weighted by molar-refractivity contribution is 5.92. The monoisotopic (exact) mass is 288 g/mol. The molecule has 0 saturated heterocycles. The van der Waals surface area contributed by atoms with Gasteiger partial charge in [0, 0.05) is 32.9 Å². The number of hydrogen-bond donors (Lipinski definition) is 1. The normalized spacial score (nSPS) is 13.4. The average molecular weight is 288 g/mol. The standard InChI is InChI=1S/C15H17FN4O/c1-19(9-11-3-5-12(16)6-4-11)14(21)13-10-20-8-2-7-17-15(20)18-13/h3-6,10H,2,7-9H2,1H3,(H,17,18). The lowest BCUT2D eigenvalue weighted by Crippen LogP contribution is -2.26. The van der Waals surface area contributed by atoms with Gasteiger partial charge < -0.3 is 14.8 Å². The minimum atomic E-state index is -0.277. The first-order valence-corrected chi connectivity index (χ1v) is 6.94. The van der Waals surface area contributed by atoms with E-state index in [4.69, 9.17) is 0 Å². The molecule has 0 unspecified atom stereocenters. The van der Waals surface area contributed by atoms with E-state index >= 15 is 0 Å².